The maximum absolute atomic E-state index is 11.7. The molecule has 9 rings (SSSR count). The van der Waals surface area contributed by atoms with E-state index in [2.05, 4.69) is 37.5 Å². The first-order chi connectivity index (χ1) is 24.7. The van der Waals surface area contributed by atoms with Crippen molar-refractivity contribution in [3.63, 3.8) is 0 Å². The van der Waals surface area contributed by atoms with E-state index in [4.69, 9.17) is 11.5 Å². The zero-order valence-corrected chi connectivity index (χ0v) is 28.3. The Bertz CT molecular complexity index is 2100. The lowest BCUT2D eigenvalue weighted by Crippen LogP contribution is -2.39. The molecule has 264 valence electrons. The van der Waals surface area contributed by atoms with Gasteiger partial charge in [-0.15, -0.1) is 0 Å². The number of fused-ring (bicyclic) bond motifs is 2. The van der Waals surface area contributed by atoms with Gasteiger partial charge in [0.2, 0.25) is 0 Å². The first kappa shape index (κ1) is 35.0. The SMILES string of the molecule is Nc1ccccc1C(=O)NC1CC1.Nc1ccccc1CNC1CC1.O=C1Nc2ccccc2CN1C1CC1.O=c1[nH]c2ccccc2c(=O)o1. The maximum Gasteiger partial charge on any atom is 0.419 e. The molecule has 51 heavy (non-hydrogen) atoms. The first-order valence-corrected chi connectivity index (χ1v) is 17.2. The van der Waals surface area contributed by atoms with Crippen LogP contribution in [-0.2, 0) is 13.1 Å². The van der Waals surface area contributed by atoms with Gasteiger partial charge in [-0.05, 0) is 86.1 Å². The van der Waals surface area contributed by atoms with Crippen molar-refractivity contribution >= 4 is 39.9 Å². The third-order valence-corrected chi connectivity index (χ3v) is 8.75. The number of carbonyl (C=O) groups is 2. The number of nitrogens with two attached hydrogens (primary N) is 2. The highest BCUT2D eigenvalue weighted by atomic mass is 16.4. The number of rotatable bonds is 6. The van der Waals surface area contributed by atoms with Gasteiger partial charge in [-0.2, -0.15) is 0 Å². The molecule has 8 N–H and O–H groups in total. The molecule has 0 atom stereocenters. The second-order valence-corrected chi connectivity index (χ2v) is 13.0. The van der Waals surface area contributed by atoms with Crippen molar-refractivity contribution in [3.8, 4) is 0 Å². The predicted molar refractivity (Wildman–Crippen MR) is 199 cm³/mol. The zero-order chi connectivity index (χ0) is 35.7. The van der Waals surface area contributed by atoms with Crippen LogP contribution in [-0.4, -0.2) is 39.9 Å². The van der Waals surface area contributed by atoms with Crippen molar-refractivity contribution in [2.75, 3.05) is 16.8 Å². The highest BCUT2D eigenvalue weighted by Gasteiger charge is 2.35. The van der Waals surface area contributed by atoms with Gasteiger partial charge in [0.05, 0.1) is 16.5 Å². The van der Waals surface area contributed by atoms with Crippen LogP contribution in [0.5, 0.6) is 0 Å². The third-order valence-electron chi connectivity index (χ3n) is 8.75. The van der Waals surface area contributed by atoms with E-state index in [0.29, 0.717) is 34.2 Å². The standard InChI is InChI=1S/C11H12N2O.C10H12N2O.C10H14N2.C8H5NO3/c14-11-12-10-4-2-1-3-8(10)7-13(11)9-5-6-9;11-9-4-2-1-3-8(9)10(13)12-7-5-6-7;11-10-4-2-1-3-8(10)7-12-9-5-6-9;10-7-5-3-1-2-4-6(5)9-8(11)12-7/h1-4,9H,5-7H2,(H,12,14);1-4,7H,5-6,11H2,(H,12,13);1-4,9,12H,5-7,11H2;1-4H,(H,9,11). The van der Waals surface area contributed by atoms with Gasteiger partial charge in [-0.1, -0.05) is 60.7 Å². The van der Waals surface area contributed by atoms with E-state index in [9.17, 15) is 19.2 Å². The highest BCUT2D eigenvalue weighted by molar-refractivity contribution is 5.99. The molecule has 4 aromatic carbocycles. The predicted octanol–water partition coefficient (Wildman–Crippen LogP) is 5.36. The number of aromatic nitrogens is 1. The van der Waals surface area contributed by atoms with E-state index in [1.165, 1.54) is 24.0 Å². The molecule has 5 aromatic rings. The molecule has 4 aliphatic rings. The average molecular weight is 690 g/mol. The second-order valence-electron chi connectivity index (χ2n) is 13.0. The molecule has 3 saturated carbocycles. The number of nitrogen functional groups attached to an aromatic ring is 2. The number of amides is 3. The summed E-state index contributed by atoms with van der Waals surface area (Å²) in [4.78, 5) is 49.2. The lowest BCUT2D eigenvalue weighted by atomic mass is 10.1. The Morgan fingerprint density at radius 3 is 2.12 bits per heavy atom. The Labute approximate surface area is 295 Å². The number of nitrogens with one attached hydrogen (secondary N) is 4. The molecule has 0 saturated heterocycles. The minimum Gasteiger partial charge on any atom is -0.398 e. The van der Waals surface area contributed by atoms with E-state index in [-0.39, 0.29) is 11.9 Å². The lowest BCUT2D eigenvalue weighted by molar-refractivity contribution is 0.0952. The smallest absolute Gasteiger partial charge is 0.398 e. The molecule has 2 heterocycles. The van der Waals surface area contributed by atoms with Crippen LogP contribution in [0.25, 0.3) is 10.9 Å². The normalized spacial score (nSPS) is 15.8. The van der Waals surface area contributed by atoms with Crippen LogP contribution in [0.15, 0.2) is 111 Å². The van der Waals surface area contributed by atoms with Gasteiger partial charge in [0.15, 0.2) is 0 Å². The fourth-order valence-electron chi connectivity index (χ4n) is 5.38. The van der Waals surface area contributed by atoms with Gasteiger partial charge in [0, 0.05) is 48.3 Å². The van der Waals surface area contributed by atoms with E-state index in [1.807, 2.05) is 53.4 Å². The monoisotopic (exact) mass is 689 g/mol. The molecule has 3 amide bonds. The topological polar surface area (TPSA) is 189 Å². The van der Waals surface area contributed by atoms with E-state index in [1.54, 1.807) is 36.4 Å². The van der Waals surface area contributed by atoms with E-state index >= 15 is 0 Å². The number of urea groups is 1. The molecule has 0 spiro atoms. The molecule has 1 aromatic heterocycles. The fraction of sp³-hybridized carbons (Fsp3) is 0.282. The summed E-state index contributed by atoms with van der Waals surface area (Å²) in [7, 11) is 0. The second kappa shape index (κ2) is 16.2. The molecule has 12 nitrogen and oxygen atoms in total. The van der Waals surface area contributed by atoms with Crippen molar-refractivity contribution in [3.05, 3.63) is 135 Å². The number of benzene rings is 4. The number of nitrogens with zero attached hydrogens (tertiary/aromatic N) is 1. The van der Waals surface area contributed by atoms with Crippen molar-refractivity contribution in [1.82, 2.24) is 20.5 Å². The van der Waals surface area contributed by atoms with Crippen molar-refractivity contribution < 1.29 is 14.0 Å². The quantitative estimate of drug-likeness (QED) is 0.129. The summed E-state index contributed by atoms with van der Waals surface area (Å²) in [5, 5.41) is 9.63. The Morgan fingerprint density at radius 2 is 1.41 bits per heavy atom. The van der Waals surface area contributed by atoms with Crippen molar-refractivity contribution in [2.24, 2.45) is 0 Å². The van der Waals surface area contributed by atoms with Gasteiger partial charge in [0.1, 0.15) is 0 Å². The molecular formula is C39H43N7O5. The fourth-order valence-corrected chi connectivity index (χ4v) is 5.38. The molecule has 3 aliphatic carbocycles. The largest absolute Gasteiger partial charge is 0.419 e. The van der Waals surface area contributed by atoms with Gasteiger partial charge in [-0.3, -0.25) is 9.78 Å². The summed E-state index contributed by atoms with van der Waals surface area (Å²) in [5.74, 6) is -0.778. The van der Waals surface area contributed by atoms with Crippen LogP contribution in [0, 0.1) is 0 Å². The summed E-state index contributed by atoms with van der Waals surface area (Å²) in [6, 6.07) is 31.5. The van der Waals surface area contributed by atoms with E-state index < -0.39 is 11.4 Å². The Balaban J connectivity index is 0.000000117. The average Bonchev–Trinajstić information content (AvgIpc) is 3.97. The van der Waals surface area contributed by atoms with E-state index in [0.717, 1.165) is 56.2 Å². The number of para-hydroxylation sites is 4. The van der Waals surface area contributed by atoms with Crippen LogP contribution >= 0.6 is 0 Å². The molecule has 0 unspecified atom stereocenters. The molecule has 3 fully saturated rings. The summed E-state index contributed by atoms with van der Waals surface area (Å²) in [6.45, 7) is 1.68. The molecular weight excluding hydrogens is 646 g/mol. The first-order valence-electron chi connectivity index (χ1n) is 17.2. The lowest BCUT2D eigenvalue weighted by Gasteiger charge is -2.29. The molecule has 1 aliphatic heterocycles. The number of carbonyl (C=O) groups excluding carboxylic acids is 2. The minimum absolute atomic E-state index is 0.0550. The summed E-state index contributed by atoms with van der Waals surface area (Å²) in [6.07, 6.45) is 7.17. The number of anilines is 3. The van der Waals surface area contributed by atoms with Crippen molar-refractivity contribution in [1.29, 1.82) is 0 Å². The summed E-state index contributed by atoms with van der Waals surface area (Å²) < 4.78 is 4.32. The Hall–Kier alpha value is -5.88. The third kappa shape index (κ3) is 10.1. The highest BCUT2D eigenvalue weighted by Crippen LogP contribution is 2.33. The number of aromatic amines is 1. The van der Waals surface area contributed by atoms with Gasteiger partial charge in [0.25, 0.3) is 5.91 Å². The van der Waals surface area contributed by atoms with Gasteiger partial charge < -0.3 is 36.7 Å². The van der Waals surface area contributed by atoms with Crippen LogP contribution in [0.3, 0.4) is 0 Å². The Kier molecular flexibility index (Phi) is 11.1. The van der Waals surface area contributed by atoms with Crippen molar-refractivity contribution in [2.45, 2.75) is 69.7 Å². The minimum atomic E-state index is -0.723. The summed E-state index contributed by atoms with van der Waals surface area (Å²) >= 11 is 0. The Morgan fingerprint density at radius 1 is 0.765 bits per heavy atom. The molecule has 0 radical (unpaired) electrons. The number of H-pyrrole nitrogens is 1. The van der Waals surface area contributed by atoms with Gasteiger partial charge >= 0.3 is 17.4 Å². The number of hydrogen-bond acceptors (Lipinski definition) is 8. The maximum atomic E-state index is 11.7. The van der Waals surface area contributed by atoms with Crippen LogP contribution < -0.4 is 38.8 Å². The summed E-state index contributed by atoms with van der Waals surface area (Å²) in [5.41, 5.74) is 16.8. The zero-order valence-electron chi connectivity index (χ0n) is 28.3. The molecule has 12 heteroatoms. The molecule has 0 bridgehead atoms. The van der Waals surface area contributed by atoms with Crippen LogP contribution in [0.1, 0.15) is 60.0 Å². The van der Waals surface area contributed by atoms with Gasteiger partial charge in [-0.25, -0.2) is 14.4 Å². The van der Waals surface area contributed by atoms with Crippen LogP contribution in [0.2, 0.25) is 0 Å². The van der Waals surface area contributed by atoms with Crippen LogP contribution in [0.4, 0.5) is 21.9 Å². The number of hydrogen-bond donors (Lipinski definition) is 6.